The molecule has 4 rings (SSSR count). The van der Waals surface area contributed by atoms with E-state index in [-0.39, 0.29) is 30.0 Å². The number of aryl methyl sites for hydroxylation is 3. The monoisotopic (exact) mass is 423 g/mol. The molecule has 0 aliphatic carbocycles. The molecule has 7 nitrogen and oxygen atoms in total. The molecule has 0 saturated carbocycles. The zero-order valence-electron chi connectivity index (χ0n) is 16.9. The molecule has 0 unspecified atom stereocenters. The molecule has 3 aromatic rings. The second-order valence-corrected chi connectivity index (χ2v) is 8.14. The third-order valence-corrected chi connectivity index (χ3v) is 5.98. The summed E-state index contributed by atoms with van der Waals surface area (Å²) in [6.45, 7) is 2.40. The van der Waals surface area contributed by atoms with E-state index in [1.165, 1.54) is 4.90 Å². The molecule has 0 bridgehead atoms. The number of carbonyl (C=O) groups excluding carboxylic acids is 2. The van der Waals surface area contributed by atoms with Crippen LogP contribution in [0.15, 0.2) is 52.2 Å². The van der Waals surface area contributed by atoms with Crippen molar-refractivity contribution in [3.63, 3.8) is 0 Å². The fourth-order valence-corrected chi connectivity index (χ4v) is 4.21. The van der Waals surface area contributed by atoms with Gasteiger partial charge in [0.25, 0.3) is 11.1 Å². The second kappa shape index (κ2) is 7.87. The van der Waals surface area contributed by atoms with E-state index in [1.54, 1.807) is 29.3 Å². The quantitative estimate of drug-likeness (QED) is 0.589. The van der Waals surface area contributed by atoms with Crippen LogP contribution in [-0.4, -0.2) is 38.3 Å². The van der Waals surface area contributed by atoms with E-state index in [1.807, 2.05) is 49.4 Å². The highest BCUT2D eigenvalue weighted by atomic mass is 32.2. The topological polar surface area (TPSA) is 73.5 Å². The Morgan fingerprint density at radius 3 is 2.40 bits per heavy atom. The van der Waals surface area contributed by atoms with Crippen LogP contribution in [0.3, 0.4) is 0 Å². The van der Waals surface area contributed by atoms with E-state index in [0.717, 1.165) is 33.9 Å². The van der Waals surface area contributed by atoms with Gasteiger partial charge in [-0.3, -0.25) is 23.6 Å². The predicted octanol–water partition coefficient (Wildman–Crippen LogP) is 3.30. The predicted molar refractivity (Wildman–Crippen MR) is 118 cm³/mol. The molecular weight excluding hydrogens is 402 g/mol. The highest BCUT2D eigenvalue weighted by molar-refractivity contribution is 8.18. The first kappa shape index (κ1) is 20.0. The highest BCUT2D eigenvalue weighted by Crippen LogP contribution is 2.32. The summed E-state index contributed by atoms with van der Waals surface area (Å²) in [7, 11) is 3.42. The number of imidazole rings is 1. The summed E-state index contributed by atoms with van der Waals surface area (Å²) >= 11 is 0.912. The van der Waals surface area contributed by atoms with Gasteiger partial charge in [0.2, 0.25) is 0 Å². The van der Waals surface area contributed by atoms with Crippen LogP contribution in [0.5, 0.6) is 5.75 Å². The molecule has 1 aliphatic rings. The summed E-state index contributed by atoms with van der Waals surface area (Å²) in [6, 6.07) is 13.1. The Bertz CT molecular complexity index is 1240. The van der Waals surface area contributed by atoms with Crippen LogP contribution in [0.25, 0.3) is 17.1 Å². The van der Waals surface area contributed by atoms with E-state index in [9.17, 15) is 14.4 Å². The molecule has 0 spiro atoms. The van der Waals surface area contributed by atoms with Crippen molar-refractivity contribution < 1.29 is 14.3 Å². The number of carbonyl (C=O) groups is 2. The zero-order valence-corrected chi connectivity index (χ0v) is 17.7. The Kier molecular flexibility index (Phi) is 5.26. The number of fused-ring (bicyclic) bond motifs is 1. The van der Waals surface area contributed by atoms with Crippen molar-refractivity contribution in [2.45, 2.75) is 6.92 Å². The Morgan fingerprint density at radius 1 is 0.967 bits per heavy atom. The van der Waals surface area contributed by atoms with E-state index >= 15 is 0 Å². The van der Waals surface area contributed by atoms with Crippen LogP contribution in [-0.2, 0) is 18.9 Å². The molecule has 1 fully saturated rings. The van der Waals surface area contributed by atoms with Crippen molar-refractivity contribution in [2.24, 2.45) is 14.1 Å². The van der Waals surface area contributed by atoms with Gasteiger partial charge >= 0.3 is 5.69 Å². The lowest BCUT2D eigenvalue weighted by Crippen LogP contribution is -2.32. The molecule has 0 N–H and O–H groups in total. The Morgan fingerprint density at radius 2 is 1.67 bits per heavy atom. The maximum absolute atomic E-state index is 12.7. The average molecular weight is 423 g/mol. The van der Waals surface area contributed by atoms with Gasteiger partial charge in [0.05, 0.1) is 22.5 Å². The summed E-state index contributed by atoms with van der Waals surface area (Å²) in [4.78, 5) is 38.7. The van der Waals surface area contributed by atoms with E-state index in [0.29, 0.717) is 10.7 Å². The molecule has 2 aromatic carbocycles. The molecule has 2 amide bonds. The first-order valence-electron chi connectivity index (χ1n) is 9.45. The van der Waals surface area contributed by atoms with Gasteiger partial charge < -0.3 is 4.74 Å². The lowest BCUT2D eigenvalue weighted by molar-refractivity contribution is -0.123. The van der Waals surface area contributed by atoms with Crippen molar-refractivity contribution in [1.29, 1.82) is 0 Å². The van der Waals surface area contributed by atoms with Crippen LogP contribution >= 0.6 is 11.8 Å². The number of imide groups is 1. The van der Waals surface area contributed by atoms with Gasteiger partial charge in [0, 0.05) is 14.1 Å². The third-order valence-electron chi connectivity index (χ3n) is 5.07. The Balaban J connectivity index is 1.48. The molecule has 154 valence electrons. The lowest BCUT2D eigenvalue weighted by atomic mass is 10.2. The van der Waals surface area contributed by atoms with Crippen LogP contribution in [0.2, 0.25) is 0 Å². The Labute approximate surface area is 177 Å². The summed E-state index contributed by atoms with van der Waals surface area (Å²) in [5.74, 6) is 0.365. The number of benzene rings is 2. The van der Waals surface area contributed by atoms with Gasteiger partial charge in [-0.1, -0.05) is 23.8 Å². The fourth-order valence-electron chi connectivity index (χ4n) is 3.35. The number of amides is 2. The molecule has 30 heavy (non-hydrogen) atoms. The van der Waals surface area contributed by atoms with Gasteiger partial charge in [-0.2, -0.15) is 0 Å². The van der Waals surface area contributed by atoms with Crippen molar-refractivity contribution in [1.82, 2.24) is 14.0 Å². The first-order chi connectivity index (χ1) is 14.3. The van der Waals surface area contributed by atoms with E-state index < -0.39 is 0 Å². The zero-order chi connectivity index (χ0) is 21.4. The molecule has 1 saturated heterocycles. The third kappa shape index (κ3) is 3.66. The number of aromatic nitrogens is 2. The molecule has 0 radical (unpaired) electrons. The normalized spacial score (nSPS) is 15.6. The largest absolute Gasteiger partial charge is 0.492 e. The molecular formula is C22H21N3O4S. The number of nitrogens with zero attached hydrogens (tertiary/aromatic N) is 3. The summed E-state index contributed by atoms with van der Waals surface area (Å²) in [6.07, 6.45) is 1.68. The number of rotatable bonds is 5. The summed E-state index contributed by atoms with van der Waals surface area (Å²) in [5, 5.41) is -0.313. The summed E-state index contributed by atoms with van der Waals surface area (Å²) in [5.41, 5.74) is 3.34. The van der Waals surface area contributed by atoms with Crippen molar-refractivity contribution in [2.75, 3.05) is 13.2 Å². The van der Waals surface area contributed by atoms with Gasteiger partial charge in [-0.15, -0.1) is 0 Å². The maximum atomic E-state index is 12.7. The molecule has 8 heteroatoms. The smallest absolute Gasteiger partial charge is 0.328 e. The Hall–Kier alpha value is -3.26. The van der Waals surface area contributed by atoms with Crippen molar-refractivity contribution >= 4 is 40.0 Å². The minimum Gasteiger partial charge on any atom is -0.492 e. The SMILES string of the molecule is Cc1ccc(OCCN2C(=O)S/C(=C\c3ccc4c(c3)n(C)c(=O)n4C)C2=O)cc1. The second-order valence-electron chi connectivity index (χ2n) is 7.14. The van der Waals surface area contributed by atoms with Gasteiger partial charge in [-0.25, -0.2) is 4.79 Å². The van der Waals surface area contributed by atoms with Crippen LogP contribution in [0, 0.1) is 6.92 Å². The minimum absolute atomic E-state index is 0.115. The molecule has 0 atom stereocenters. The van der Waals surface area contributed by atoms with E-state index in [2.05, 4.69) is 0 Å². The summed E-state index contributed by atoms with van der Waals surface area (Å²) < 4.78 is 8.77. The minimum atomic E-state index is -0.334. The molecule has 1 aromatic heterocycles. The van der Waals surface area contributed by atoms with Gasteiger partial charge in [0.15, 0.2) is 0 Å². The van der Waals surface area contributed by atoms with Crippen LogP contribution in [0.4, 0.5) is 4.79 Å². The van der Waals surface area contributed by atoms with Crippen LogP contribution < -0.4 is 10.4 Å². The van der Waals surface area contributed by atoms with E-state index in [4.69, 9.17) is 4.74 Å². The number of hydrogen-bond acceptors (Lipinski definition) is 5. The highest BCUT2D eigenvalue weighted by Gasteiger charge is 2.34. The fraction of sp³-hybridized carbons (Fsp3) is 0.227. The maximum Gasteiger partial charge on any atom is 0.328 e. The van der Waals surface area contributed by atoms with Crippen LogP contribution in [0.1, 0.15) is 11.1 Å². The molecule has 2 heterocycles. The standard InChI is InChI=1S/C22H21N3O4S/c1-14-4-7-16(8-5-14)29-11-10-25-20(26)19(30-22(25)28)13-15-6-9-17-18(12-15)24(3)21(27)23(17)2/h4-9,12-13H,10-11H2,1-3H3/b19-13-. The van der Waals surface area contributed by atoms with Gasteiger partial charge in [0.1, 0.15) is 12.4 Å². The van der Waals surface area contributed by atoms with Gasteiger partial charge in [-0.05, 0) is 54.6 Å². The molecule has 1 aliphatic heterocycles. The number of ether oxygens (including phenoxy) is 1. The number of hydrogen-bond donors (Lipinski definition) is 0. The average Bonchev–Trinajstić information content (AvgIpc) is 3.11. The number of thioether (sulfide) groups is 1. The van der Waals surface area contributed by atoms with Crippen molar-refractivity contribution in [3.05, 3.63) is 69.0 Å². The first-order valence-corrected chi connectivity index (χ1v) is 10.3. The van der Waals surface area contributed by atoms with Crippen molar-refractivity contribution in [3.8, 4) is 5.75 Å². The lowest BCUT2D eigenvalue weighted by Gasteiger charge is -2.13.